The third kappa shape index (κ3) is 3.53. The van der Waals surface area contributed by atoms with Crippen molar-refractivity contribution < 1.29 is 18.8 Å². The number of pyridine rings is 1. The molecule has 29 heavy (non-hydrogen) atoms. The average Bonchev–Trinajstić information content (AvgIpc) is 3.17. The molecule has 0 aliphatic carbocycles. The number of hydrogen-bond donors (Lipinski definition) is 0. The fourth-order valence-corrected chi connectivity index (χ4v) is 3.50. The highest BCUT2D eigenvalue weighted by atomic mass is 16.5. The van der Waals surface area contributed by atoms with E-state index in [-0.39, 0.29) is 5.82 Å². The van der Waals surface area contributed by atoms with E-state index in [4.69, 9.17) is 14.5 Å². The summed E-state index contributed by atoms with van der Waals surface area (Å²) in [5.41, 5.74) is 2.30. The maximum absolute atomic E-state index is 12.2. The van der Waals surface area contributed by atoms with Crippen molar-refractivity contribution in [3.8, 4) is 11.4 Å². The third-order valence-corrected chi connectivity index (χ3v) is 5.09. The second-order valence-corrected chi connectivity index (χ2v) is 6.73. The molecule has 0 bridgehead atoms. The topological polar surface area (TPSA) is 86.2 Å². The molecule has 1 aliphatic heterocycles. The van der Waals surface area contributed by atoms with Crippen LogP contribution in [0.15, 0.2) is 24.5 Å². The summed E-state index contributed by atoms with van der Waals surface area (Å²) in [5.74, 6) is 0.929. The molecule has 3 aromatic rings. The van der Waals surface area contributed by atoms with Gasteiger partial charge in [-0.25, -0.2) is 24.3 Å². The minimum absolute atomic E-state index is 0.0412. The van der Waals surface area contributed by atoms with Gasteiger partial charge in [-0.15, -0.1) is 0 Å². The van der Waals surface area contributed by atoms with Gasteiger partial charge in [0.05, 0.1) is 20.3 Å². The average molecular weight is 397 g/mol. The van der Waals surface area contributed by atoms with Crippen LogP contribution in [-0.4, -0.2) is 58.9 Å². The summed E-state index contributed by atoms with van der Waals surface area (Å²) in [7, 11) is 1.33. The van der Waals surface area contributed by atoms with Crippen LogP contribution in [0.4, 0.5) is 5.82 Å². The van der Waals surface area contributed by atoms with Gasteiger partial charge in [0.25, 0.3) is 0 Å². The van der Waals surface area contributed by atoms with Gasteiger partial charge in [0.1, 0.15) is 12.4 Å². The number of esters is 1. The number of aryl methyl sites for hydroxylation is 2. The molecule has 9 heteroatoms. The van der Waals surface area contributed by atoms with E-state index in [9.17, 15) is 4.79 Å². The number of ether oxygens (including phenoxy) is 2. The van der Waals surface area contributed by atoms with Gasteiger partial charge < -0.3 is 18.9 Å². The smallest absolute Gasteiger partial charge is 0.376 e. The number of nitrogens with zero attached hydrogens (tertiary/aromatic N) is 6. The van der Waals surface area contributed by atoms with Crippen LogP contribution < -0.4 is 9.47 Å². The number of rotatable bonds is 5. The Kier molecular flexibility index (Phi) is 5.39. The molecule has 1 saturated heterocycles. The zero-order valence-corrected chi connectivity index (χ0v) is 17.0. The van der Waals surface area contributed by atoms with Gasteiger partial charge in [0, 0.05) is 37.3 Å². The highest BCUT2D eigenvalue weighted by Crippen LogP contribution is 2.29. The summed E-state index contributed by atoms with van der Waals surface area (Å²) < 4.78 is 14.5. The molecule has 0 radical (unpaired) electrons. The van der Waals surface area contributed by atoms with Gasteiger partial charge >= 0.3 is 5.97 Å². The Morgan fingerprint density at radius 2 is 1.90 bits per heavy atom. The lowest BCUT2D eigenvalue weighted by molar-refractivity contribution is -0.693. The van der Waals surface area contributed by atoms with Gasteiger partial charge in [0.15, 0.2) is 29.4 Å². The largest absolute Gasteiger partial charge is 0.463 e. The van der Waals surface area contributed by atoms with Crippen LogP contribution in [0.5, 0.6) is 0 Å². The van der Waals surface area contributed by atoms with Crippen LogP contribution in [-0.2, 0) is 22.6 Å². The summed E-state index contributed by atoms with van der Waals surface area (Å²) in [4.78, 5) is 28.2. The van der Waals surface area contributed by atoms with E-state index >= 15 is 0 Å². The predicted octanol–water partition coefficient (Wildman–Crippen LogP) is 1.44. The molecule has 0 amide bonds. The Morgan fingerprint density at radius 3 is 2.52 bits per heavy atom. The van der Waals surface area contributed by atoms with E-state index in [2.05, 4.69) is 26.4 Å². The Balaban J connectivity index is 1.92. The monoisotopic (exact) mass is 397 g/mol. The van der Waals surface area contributed by atoms with Crippen molar-refractivity contribution in [2.75, 3.05) is 38.3 Å². The molecular formula is C20H25N6O3+. The summed E-state index contributed by atoms with van der Waals surface area (Å²) in [6.07, 6.45) is 4.06. The van der Waals surface area contributed by atoms with Gasteiger partial charge in [-0.3, -0.25) is 0 Å². The Bertz CT molecular complexity index is 1020. The normalized spacial score (nSPS) is 14.4. The maximum Gasteiger partial charge on any atom is 0.376 e. The standard InChI is InChI=1S/C20H25N6O3/c1-4-24-8-6-14(7-9-24)17-21-15-18(25-10-12-29-13-11-25)22-16(20(27)28-3)23-19(15)26(17)5-2/h6-9H,4-5,10-13H2,1-3H3/q+1. The van der Waals surface area contributed by atoms with Crippen LogP contribution in [0, 0.1) is 0 Å². The highest BCUT2D eigenvalue weighted by Gasteiger charge is 2.25. The van der Waals surface area contributed by atoms with E-state index < -0.39 is 5.97 Å². The molecule has 3 aromatic heterocycles. The first kappa shape index (κ1) is 19.3. The van der Waals surface area contributed by atoms with Crippen molar-refractivity contribution >= 4 is 23.0 Å². The van der Waals surface area contributed by atoms with Crippen LogP contribution >= 0.6 is 0 Å². The molecule has 0 atom stereocenters. The highest BCUT2D eigenvalue weighted by molar-refractivity contribution is 5.93. The first-order valence-corrected chi connectivity index (χ1v) is 9.85. The second-order valence-electron chi connectivity index (χ2n) is 6.73. The first-order chi connectivity index (χ1) is 14.2. The number of methoxy groups -OCH3 is 1. The van der Waals surface area contributed by atoms with E-state index in [0.29, 0.717) is 49.8 Å². The molecule has 4 rings (SSSR count). The molecule has 4 heterocycles. The molecular weight excluding hydrogens is 372 g/mol. The van der Waals surface area contributed by atoms with Crippen molar-refractivity contribution in [1.29, 1.82) is 0 Å². The Hall–Kier alpha value is -3.07. The third-order valence-electron chi connectivity index (χ3n) is 5.09. The summed E-state index contributed by atoms with van der Waals surface area (Å²) in [6, 6.07) is 4.08. The SMILES string of the molecule is CCn1c(-c2cc[n+](CC)cc2)nc2c(N3CCOCC3)nc(C(=O)OC)nc21. The lowest BCUT2D eigenvalue weighted by Crippen LogP contribution is -2.37. The lowest BCUT2D eigenvalue weighted by atomic mass is 10.2. The van der Waals surface area contributed by atoms with Crippen LogP contribution in [0.1, 0.15) is 24.5 Å². The lowest BCUT2D eigenvalue weighted by Gasteiger charge is -2.27. The quantitative estimate of drug-likeness (QED) is 0.476. The summed E-state index contributed by atoms with van der Waals surface area (Å²) in [5, 5.41) is 0. The van der Waals surface area contributed by atoms with E-state index in [0.717, 1.165) is 17.9 Å². The molecule has 1 fully saturated rings. The van der Waals surface area contributed by atoms with Gasteiger partial charge in [0.2, 0.25) is 5.82 Å². The zero-order chi connectivity index (χ0) is 20.4. The predicted molar refractivity (Wildman–Crippen MR) is 107 cm³/mol. The fraction of sp³-hybridized carbons (Fsp3) is 0.450. The minimum Gasteiger partial charge on any atom is -0.463 e. The van der Waals surface area contributed by atoms with E-state index in [1.807, 2.05) is 36.0 Å². The second kappa shape index (κ2) is 8.12. The molecule has 0 spiro atoms. The first-order valence-electron chi connectivity index (χ1n) is 9.85. The number of anilines is 1. The Morgan fingerprint density at radius 1 is 1.17 bits per heavy atom. The van der Waals surface area contributed by atoms with Crippen LogP contribution in [0.3, 0.4) is 0 Å². The van der Waals surface area contributed by atoms with Gasteiger partial charge in [-0.1, -0.05) is 0 Å². The number of hydrogen-bond acceptors (Lipinski definition) is 7. The van der Waals surface area contributed by atoms with Crippen molar-refractivity contribution in [2.45, 2.75) is 26.9 Å². The summed E-state index contributed by atoms with van der Waals surface area (Å²) >= 11 is 0. The number of aromatic nitrogens is 5. The number of carbonyl (C=O) groups excluding carboxylic acids is 1. The van der Waals surface area contributed by atoms with Crippen LogP contribution in [0.25, 0.3) is 22.6 Å². The Labute approximate surface area is 168 Å². The van der Waals surface area contributed by atoms with E-state index in [1.165, 1.54) is 7.11 Å². The molecule has 0 aromatic carbocycles. The zero-order valence-electron chi connectivity index (χ0n) is 17.0. The van der Waals surface area contributed by atoms with Gasteiger partial charge in [-0.05, 0) is 13.8 Å². The molecule has 1 aliphatic rings. The van der Waals surface area contributed by atoms with E-state index in [1.54, 1.807) is 0 Å². The number of morpholine rings is 1. The van der Waals surface area contributed by atoms with Crippen LogP contribution in [0.2, 0.25) is 0 Å². The van der Waals surface area contributed by atoms with Crippen molar-refractivity contribution in [2.24, 2.45) is 0 Å². The molecule has 0 unspecified atom stereocenters. The van der Waals surface area contributed by atoms with Crippen molar-refractivity contribution in [3.05, 3.63) is 30.4 Å². The number of fused-ring (bicyclic) bond motifs is 1. The fourth-order valence-electron chi connectivity index (χ4n) is 3.50. The van der Waals surface area contributed by atoms with Crippen molar-refractivity contribution in [3.63, 3.8) is 0 Å². The van der Waals surface area contributed by atoms with Crippen molar-refractivity contribution in [1.82, 2.24) is 19.5 Å². The number of carbonyl (C=O) groups is 1. The van der Waals surface area contributed by atoms with Gasteiger partial charge in [-0.2, -0.15) is 0 Å². The molecule has 9 nitrogen and oxygen atoms in total. The molecule has 0 saturated carbocycles. The molecule has 152 valence electrons. The number of imidazole rings is 1. The summed E-state index contributed by atoms with van der Waals surface area (Å²) in [6.45, 7) is 8.28. The maximum atomic E-state index is 12.2. The molecule has 0 N–H and O–H groups in total. The minimum atomic E-state index is -0.560.